The second kappa shape index (κ2) is 4.53. The number of hydrogen-bond donors (Lipinski definition) is 1. The molecule has 2 heterocycles. The number of carbonyl (C=O) groups is 2. The third-order valence-electron chi connectivity index (χ3n) is 3.82. The van der Waals surface area contributed by atoms with Gasteiger partial charge in [0.2, 0.25) is 5.91 Å². The van der Waals surface area contributed by atoms with Gasteiger partial charge in [0.1, 0.15) is 0 Å². The Morgan fingerprint density at radius 1 is 1.11 bits per heavy atom. The number of hydrogen-bond acceptors (Lipinski definition) is 3. The van der Waals surface area contributed by atoms with E-state index in [1.807, 2.05) is 30.3 Å². The van der Waals surface area contributed by atoms with Crippen molar-refractivity contribution in [2.24, 2.45) is 11.8 Å². The van der Waals surface area contributed by atoms with Crippen molar-refractivity contribution >= 4 is 11.7 Å². The number of rotatable bonds is 2. The van der Waals surface area contributed by atoms with Gasteiger partial charge in [-0.25, -0.2) is 0 Å². The predicted octanol–water partition coefficient (Wildman–Crippen LogP) is 0.434. The highest BCUT2D eigenvalue weighted by atomic mass is 16.2. The van der Waals surface area contributed by atoms with Gasteiger partial charge in [-0.15, -0.1) is 0 Å². The zero-order valence-electron chi connectivity index (χ0n) is 10.1. The summed E-state index contributed by atoms with van der Waals surface area (Å²) in [6.07, 6.45) is 0. The summed E-state index contributed by atoms with van der Waals surface area (Å²) in [5.74, 6) is 0.0773. The van der Waals surface area contributed by atoms with E-state index in [2.05, 4.69) is 5.32 Å². The van der Waals surface area contributed by atoms with Crippen LogP contribution in [0.3, 0.4) is 0 Å². The molecule has 94 valence electrons. The summed E-state index contributed by atoms with van der Waals surface area (Å²) >= 11 is 0. The van der Waals surface area contributed by atoms with Crippen molar-refractivity contribution in [3.05, 3.63) is 35.9 Å². The van der Waals surface area contributed by atoms with Crippen LogP contribution in [0.1, 0.15) is 5.56 Å². The van der Waals surface area contributed by atoms with Crippen molar-refractivity contribution in [2.75, 3.05) is 19.6 Å². The molecule has 1 aromatic carbocycles. The first-order chi connectivity index (χ1) is 8.75. The molecule has 0 aliphatic carbocycles. The topological polar surface area (TPSA) is 49.4 Å². The molecule has 0 radical (unpaired) electrons. The maximum Gasteiger partial charge on any atom is 0.228 e. The lowest BCUT2D eigenvalue weighted by Crippen LogP contribution is -2.50. The van der Waals surface area contributed by atoms with Crippen molar-refractivity contribution in [3.8, 4) is 0 Å². The van der Waals surface area contributed by atoms with Crippen molar-refractivity contribution in [2.45, 2.75) is 6.54 Å². The summed E-state index contributed by atoms with van der Waals surface area (Å²) < 4.78 is 0. The summed E-state index contributed by atoms with van der Waals surface area (Å²) in [6.45, 7) is 2.10. The average molecular weight is 244 g/mol. The summed E-state index contributed by atoms with van der Waals surface area (Å²) in [4.78, 5) is 26.0. The van der Waals surface area contributed by atoms with E-state index in [0.29, 0.717) is 19.6 Å². The van der Waals surface area contributed by atoms with Crippen LogP contribution >= 0.6 is 0 Å². The second-order valence-electron chi connectivity index (χ2n) is 5.02. The van der Waals surface area contributed by atoms with Gasteiger partial charge in [0, 0.05) is 25.6 Å². The van der Waals surface area contributed by atoms with Crippen LogP contribution in [-0.4, -0.2) is 36.2 Å². The van der Waals surface area contributed by atoms with E-state index in [1.165, 1.54) is 0 Å². The van der Waals surface area contributed by atoms with Gasteiger partial charge in [0.15, 0.2) is 5.78 Å². The maximum atomic E-state index is 12.3. The predicted molar refractivity (Wildman–Crippen MR) is 66.7 cm³/mol. The minimum absolute atomic E-state index is 0.0930. The maximum absolute atomic E-state index is 12.3. The van der Waals surface area contributed by atoms with E-state index in [-0.39, 0.29) is 30.1 Å². The molecule has 0 aromatic heterocycles. The van der Waals surface area contributed by atoms with Crippen LogP contribution < -0.4 is 5.32 Å². The second-order valence-corrected chi connectivity index (χ2v) is 5.02. The van der Waals surface area contributed by atoms with Crippen molar-refractivity contribution in [1.29, 1.82) is 0 Å². The molecule has 1 amide bonds. The van der Waals surface area contributed by atoms with Crippen LogP contribution in [0, 0.1) is 11.8 Å². The van der Waals surface area contributed by atoms with Crippen LogP contribution in [0.15, 0.2) is 30.3 Å². The molecular weight excluding hydrogens is 228 g/mol. The quantitative estimate of drug-likeness (QED) is 0.821. The Kier molecular flexibility index (Phi) is 2.88. The van der Waals surface area contributed by atoms with Crippen LogP contribution in [-0.2, 0) is 16.1 Å². The minimum Gasteiger partial charge on any atom is -0.331 e. The number of nitrogens with zero attached hydrogens (tertiary/aromatic N) is 1. The van der Waals surface area contributed by atoms with Gasteiger partial charge in [0.05, 0.1) is 12.5 Å². The van der Waals surface area contributed by atoms with Gasteiger partial charge in [-0.2, -0.15) is 0 Å². The van der Waals surface area contributed by atoms with E-state index in [9.17, 15) is 9.59 Å². The Bertz CT molecular complexity index is 472. The van der Waals surface area contributed by atoms with Crippen LogP contribution in [0.5, 0.6) is 0 Å². The van der Waals surface area contributed by atoms with E-state index >= 15 is 0 Å². The lowest BCUT2D eigenvalue weighted by Gasteiger charge is -2.32. The first kappa shape index (κ1) is 11.4. The third kappa shape index (κ3) is 1.93. The first-order valence-electron chi connectivity index (χ1n) is 6.32. The summed E-state index contributed by atoms with van der Waals surface area (Å²) in [5, 5.41) is 3.14. The molecule has 1 N–H and O–H groups in total. The van der Waals surface area contributed by atoms with Gasteiger partial charge >= 0.3 is 0 Å². The summed E-state index contributed by atoms with van der Waals surface area (Å²) in [5.41, 5.74) is 1.07. The average Bonchev–Trinajstić information content (AvgIpc) is 2.87. The standard InChI is InChI=1S/C14H16N2O2/c17-13-9-16(8-10-4-2-1-3-5-10)14(18)12-7-15-6-11(12)13/h1-5,11-12,15H,6-9H2/t11-,12+/m1/s1. The Labute approximate surface area is 106 Å². The number of likely N-dealkylation sites (tertiary alicyclic amines) is 1. The minimum atomic E-state index is -0.144. The van der Waals surface area contributed by atoms with Crippen molar-refractivity contribution in [1.82, 2.24) is 10.2 Å². The van der Waals surface area contributed by atoms with Gasteiger partial charge < -0.3 is 10.2 Å². The first-order valence-corrected chi connectivity index (χ1v) is 6.32. The monoisotopic (exact) mass is 244 g/mol. The molecule has 1 aromatic rings. The Balaban J connectivity index is 1.77. The number of ketones is 1. The zero-order chi connectivity index (χ0) is 12.5. The fraction of sp³-hybridized carbons (Fsp3) is 0.429. The SMILES string of the molecule is O=C1CN(Cc2ccccc2)C(=O)[C@H]2CNC[C@@H]12. The molecule has 18 heavy (non-hydrogen) atoms. The molecular formula is C14H16N2O2. The highest BCUT2D eigenvalue weighted by Crippen LogP contribution is 2.26. The molecule has 4 heteroatoms. The Morgan fingerprint density at radius 2 is 1.83 bits per heavy atom. The lowest BCUT2D eigenvalue weighted by atomic mass is 9.86. The highest BCUT2D eigenvalue weighted by Gasteiger charge is 2.44. The molecule has 2 saturated heterocycles. The molecule has 0 bridgehead atoms. The number of fused-ring (bicyclic) bond motifs is 1. The fourth-order valence-electron chi connectivity index (χ4n) is 2.83. The molecule has 0 saturated carbocycles. The number of amides is 1. The van der Waals surface area contributed by atoms with Crippen molar-refractivity contribution in [3.63, 3.8) is 0 Å². The van der Waals surface area contributed by atoms with E-state index in [1.54, 1.807) is 4.90 Å². The van der Waals surface area contributed by atoms with Crippen LogP contribution in [0.4, 0.5) is 0 Å². The molecule has 4 nitrogen and oxygen atoms in total. The zero-order valence-corrected chi connectivity index (χ0v) is 10.1. The molecule has 2 aliphatic rings. The third-order valence-corrected chi connectivity index (χ3v) is 3.82. The van der Waals surface area contributed by atoms with Crippen molar-refractivity contribution < 1.29 is 9.59 Å². The largest absolute Gasteiger partial charge is 0.331 e. The molecule has 0 spiro atoms. The summed E-state index contributed by atoms with van der Waals surface area (Å²) in [7, 11) is 0. The number of Topliss-reactive ketones (excluding diaryl/α,β-unsaturated/α-hetero) is 1. The molecule has 2 aliphatic heterocycles. The number of carbonyl (C=O) groups excluding carboxylic acids is 2. The molecule has 2 atom stereocenters. The van der Waals surface area contributed by atoms with E-state index < -0.39 is 0 Å². The normalized spacial score (nSPS) is 27.4. The molecule has 3 rings (SSSR count). The van der Waals surface area contributed by atoms with Gasteiger partial charge in [0.25, 0.3) is 0 Å². The number of piperidine rings is 1. The molecule has 2 fully saturated rings. The Morgan fingerprint density at radius 3 is 2.61 bits per heavy atom. The highest BCUT2D eigenvalue weighted by molar-refractivity contribution is 5.97. The number of benzene rings is 1. The number of nitrogens with one attached hydrogen (secondary N) is 1. The van der Waals surface area contributed by atoms with Gasteiger partial charge in [-0.3, -0.25) is 9.59 Å². The smallest absolute Gasteiger partial charge is 0.228 e. The van der Waals surface area contributed by atoms with Gasteiger partial charge in [-0.1, -0.05) is 30.3 Å². The Hall–Kier alpha value is -1.68. The van der Waals surface area contributed by atoms with E-state index in [4.69, 9.17) is 0 Å². The lowest BCUT2D eigenvalue weighted by molar-refractivity contribution is -0.148. The molecule has 0 unspecified atom stereocenters. The fourth-order valence-corrected chi connectivity index (χ4v) is 2.83. The van der Waals surface area contributed by atoms with Crippen LogP contribution in [0.2, 0.25) is 0 Å². The van der Waals surface area contributed by atoms with Crippen LogP contribution in [0.25, 0.3) is 0 Å². The summed E-state index contributed by atoms with van der Waals surface area (Å²) in [6, 6.07) is 9.81. The van der Waals surface area contributed by atoms with E-state index in [0.717, 1.165) is 5.56 Å². The van der Waals surface area contributed by atoms with Gasteiger partial charge in [-0.05, 0) is 5.56 Å².